The number of hydrogen-bond acceptors (Lipinski definition) is 0. The summed E-state index contributed by atoms with van der Waals surface area (Å²) in [6, 6.07) is 12.1. The van der Waals surface area contributed by atoms with Gasteiger partial charge < -0.3 is 24.8 Å². The molecule has 1 fully saturated rings. The van der Waals surface area contributed by atoms with Gasteiger partial charge in [0.05, 0.1) is 0 Å². The first kappa shape index (κ1) is 21.8. The minimum Gasteiger partial charge on any atom is -1.00 e. The van der Waals surface area contributed by atoms with Crippen LogP contribution in [0.3, 0.4) is 0 Å². The molecule has 0 saturated heterocycles. The second kappa shape index (κ2) is 8.84. The minimum absolute atomic E-state index is 0. The van der Waals surface area contributed by atoms with Crippen LogP contribution >= 0.6 is 0 Å². The van der Waals surface area contributed by atoms with Crippen LogP contribution in [0.2, 0.25) is 0 Å². The molecule has 0 aromatic heterocycles. The van der Waals surface area contributed by atoms with Crippen molar-refractivity contribution in [1.29, 1.82) is 0 Å². The second-order valence-electron chi connectivity index (χ2n) is 8.19. The monoisotopic (exact) mass is 444 g/mol. The van der Waals surface area contributed by atoms with Gasteiger partial charge in [-0.15, -0.1) is 0 Å². The quantitative estimate of drug-likeness (QED) is 0.477. The van der Waals surface area contributed by atoms with Crippen LogP contribution in [0.4, 0.5) is 0 Å². The zero-order valence-corrected chi connectivity index (χ0v) is 19.7. The molecule has 3 aliphatic rings. The first-order valence-electron chi connectivity index (χ1n) is 10.0. The van der Waals surface area contributed by atoms with Crippen LogP contribution in [-0.4, -0.2) is 3.81 Å². The molecule has 0 aliphatic heterocycles. The van der Waals surface area contributed by atoms with Crippen molar-refractivity contribution in [3.63, 3.8) is 0 Å². The first-order valence-corrected chi connectivity index (χ1v) is 12.4. The molecule has 0 amide bonds. The molecule has 0 bridgehead atoms. The SMILES string of the molecule is Cc1ccc2c(c1)-c1cc(C)c[c]([Ti+2]([C]3=CC=CC3)=[C]3CCCC3)c1C2.[Cl-].[Cl-]. The van der Waals surface area contributed by atoms with E-state index in [0.717, 1.165) is 6.42 Å². The number of hydrogen-bond donors (Lipinski definition) is 0. The van der Waals surface area contributed by atoms with Crippen LogP contribution < -0.4 is 28.7 Å². The molecule has 0 atom stereocenters. The molecule has 0 unspecified atom stereocenters. The summed E-state index contributed by atoms with van der Waals surface area (Å²) in [5.74, 6) is 0. The summed E-state index contributed by atoms with van der Waals surface area (Å²) in [5, 5.41) is 0. The van der Waals surface area contributed by atoms with Crippen molar-refractivity contribution in [2.24, 2.45) is 0 Å². The van der Waals surface area contributed by atoms with E-state index in [-0.39, 0.29) is 24.8 Å². The number of allylic oxidation sites excluding steroid dienone is 4. The molecule has 3 heteroatoms. The van der Waals surface area contributed by atoms with E-state index in [1.165, 1.54) is 59.9 Å². The maximum atomic E-state index is 2.57. The smallest absolute Gasteiger partial charge is 1.00 e. The minimum atomic E-state index is -1.55. The number of halogens is 2. The predicted octanol–water partition coefficient (Wildman–Crippen LogP) is -0.284. The third-order valence-corrected chi connectivity index (χ3v) is 11.2. The largest absolute Gasteiger partial charge is 1.00 e. The van der Waals surface area contributed by atoms with Crippen molar-refractivity contribution in [3.05, 3.63) is 74.7 Å². The standard InChI is InChI=1S/C15H13.C5H8.C5H5.2ClH.Ti/c1-10-3-5-12-9-13-6-4-11(2)8-15(13)14(12)7-10;2*1-2-4-5-3-1;;;/h3-5,7-8H,9H2,1-2H3;1-4H2;1-3H,4H2;2*1H;/q;;;;;+2/p-2. The summed E-state index contributed by atoms with van der Waals surface area (Å²) in [5.41, 5.74) is 9.06. The molecule has 0 radical (unpaired) electrons. The Morgan fingerprint density at radius 2 is 1.61 bits per heavy atom. The van der Waals surface area contributed by atoms with Gasteiger partial charge in [-0.25, -0.2) is 0 Å². The molecule has 144 valence electrons. The Hall–Kier alpha value is -0.916. The molecule has 5 rings (SSSR count). The summed E-state index contributed by atoms with van der Waals surface area (Å²) in [6.07, 6.45) is 15.1. The first-order chi connectivity index (χ1) is 12.7. The van der Waals surface area contributed by atoms with Gasteiger partial charge in [0.15, 0.2) is 0 Å². The van der Waals surface area contributed by atoms with E-state index >= 15 is 0 Å². The third kappa shape index (κ3) is 3.77. The van der Waals surface area contributed by atoms with Crippen LogP contribution in [-0.2, 0) is 23.8 Å². The van der Waals surface area contributed by atoms with Crippen molar-refractivity contribution in [1.82, 2.24) is 0 Å². The Morgan fingerprint density at radius 3 is 2.32 bits per heavy atom. The Morgan fingerprint density at radius 1 is 0.857 bits per heavy atom. The van der Waals surface area contributed by atoms with E-state index in [1.54, 1.807) is 13.3 Å². The molecular formula is C25H26Cl2Ti. The van der Waals surface area contributed by atoms with Crippen molar-refractivity contribution in [2.75, 3.05) is 0 Å². The number of aryl methyl sites for hydroxylation is 2. The molecule has 2 aromatic carbocycles. The average molecular weight is 445 g/mol. The number of benzene rings is 2. The maximum Gasteiger partial charge on any atom is -1.00 e. The molecule has 2 aromatic rings. The molecular weight excluding hydrogens is 419 g/mol. The van der Waals surface area contributed by atoms with E-state index in [4.69, 9.17) is 0 Å². The molecule has 0 spiro atoms. The fourth-order valence-electron chi connectivity index (χ4n) is 5.03. The predicted molar refractivity (Wildman–Crippen MR) is 109 cm³/mol. The second-order valence-corrected chi connectivity index (χ2v) is 12.3. The van der Waals surface area contributed by atoms with Gasteiger partial charge in [0, 0.05) is 0 Å². The fraction of sp³-hybridized carbons (Fsp3) is 0.320. The van der Waals surface area contributed by atoms with Crippen LogP contribution in [0.5, 0.6) is 0 Å². The summed E-state index contributed by atoms with van der Waals surface area (Å²) in [4.78, 5) is 0. The average Bonchev–Trinajstić information content (AvgIpc) is 3.36. The van der Waals surface area contributed by atoms with Crippen molar-refractivity contribution >= 4 is 7.68 Å². The zero-order chi connectivity index (χ0) is 17.7. The summed E-state index contributed by atoms with van der Waals surface area (Å²) in [7, 11) is 0. The molecule has 28 heavy (non-hydrogen) atoms. The van der Waals surface area contributed by atoms with E-state index < -0.39 is 17.4 Å². The number of rotatable bonds is 2. The van der Waals surface area contributed by atoms with Gasteiger partial charge in [0.2, 0.25) is 0 Å². The molecule has 3 aliphatic carbocycles. The fourth-order valence-corrected chi connectivity index (χ4v) is 10.5. The number of fused-ring (bicyclic) bond motifs is 3. The van der Waals surface area contributed by atoms with Gasteiger partial charge in [0.1, 0.15) is 0 Å². The van der Waals surface area contributed by atoms with Crippen LogP contribution in [0.25, 0.3) is 11.1 Å². The van der Waals surface area contributed by atoms with E-state index in [1.807, 2.05) is 3.81 Å². The summed E-state index contributed by atoms with van der Waals surface area (Å²) in [6.45, 7) is 4.52. The van der Waals surface area contributed by atoms with Crippen molar-refractivity contribution in [3.8, 4) is 11.1 Å². The maximum absolute atomic E-state index is 2.57. The van der Waals surface area contributed by atoms with Gasteiger partial charge in [-0.05, 0) is 0 Å². The van der Waals surface area contributed by atoms with Gasteiger partial charge in [0.25, 0.3) is 0 Å². The zero-order valence-electron chi connectivity index (χ0n) is 16.6. The van der Waals surface area contributed by atoms with Crippen LogP contribution in [0.1, 0.15) is 54.4 Å². The van der Waals surface area contributed by atoms with Gasteiger partial charge in [-0.1, -0.05) is 0 Å². The van der Waals surface area contributed by atoms with E-state index in [0.29, 0.717) is 0 Å². The van der Waals surface area contributed by atoms with Gasteiger partial charge in [-0.3, -0.25) is 0 Å². The van der Waals surface area contributed by atoms with Gasteiger partial charge in [-0.2, -0.15) is 0 Å². The summed E-state index contributed by atoms with van der Waals surface area (Å²) < 4.78 is 5.49. The molecule has 0 heterocycles. The van der Waals surface area contributed by atoms with Crippen LogP contribution in [0.15, 0.2) is 52.4 Å². The van der Waals surface area contributed by atoms with E-state index in [9.17, 15) is 0 Å². The van der Waals surface area contributed by atoms with E-state index in [2.05, 4.69) is 62.4 Å². The Kier molecular flexibility index (Phi) is 6.88. The Balaban J connectivity index is 0.00000112. The topological polar surface area (TPSA) is 0 Å². The Labute approximate surface area is 187 Å². The van der Waals surface area contributed by atoms with Crippen molar-refractivity contribution in [2.45, 2.75) is 52.4 Å². The normalized spacial score (nSPS) is 15.9. The van der Waals surface area contributed by atoms with Crippen LogP contribution in [0, 0.1) is 13.8 Å². The Bertz CT molecular complexity index is 1000. The third-order valence-electron chi connectivity index (χ3n) is 6.24. The summed E-state index contributed by atoms with van der Waals surface area (Å²) >= 11 is -1.55. The molecule has 1 saturated carbocycles. The molecule has 0 N–H and O–H groups in total. The molecule has 0 nitrogen and oxygen atoms in total. The van der Waals surface area contributed by atoms with Gasteiger partial charge >= 0.3 is 163 Å². The van der Waals surface area contributed by atoms with Crippen molar-refractivity contribution < 1.29 is 42.2 Å².